The van der Waals surface area contributed by atoms with Crippen LogP contribution in [0.5, 0.6) is 5.75 Å². The lowest BCUT2D eigenvalue weighted by Crippen LogP contribution is -2.37. The molecule has 1 aromatic heterocycles. The van der Waals surface area contributed by atoms with Gasteiger partial charge in [0.2, 0.25) is 11.5 Å². The molecule has 0 bridgehead atoms. The number of benzene rings is 2. The van der Waals surface area contributed by atoms with Crippen molar-refractivity contribution < 1.29 is 14.3 Å². The summed E-state index contributed by atoms with van der Waals surface area (Å²) in [5.74, 6) is 0.314. The number of amides is 1. The van der Waals surface area contributed by atoms with Crippen molar-refractivity contribution in [1.29, 1.82) is 0 Å². The molecule has 1 heterocycles. The number of pyridine rings is 1. The third-order valence-corrected chi connectivity index (χ3v) is 5.89. The summed E-state index contributed by atoms with van der Waals surface area (Å²) in [6.45, 7) is 6.44. The number of ketones is 1. The Kier molecular flexibility index (Phi) is 7.72. The van der Waals surface area contributed by atoms with Crippen molar-refractivity contribution in [1.82, 2.24) is 9.88 Å². The van der Waals surface area contributed by atoms with Crippen LogP contribution in [0.2, 0.25) is 0 Å². The fourth-order valence-electron chi connectivity index (χ4n) is 3.86. The van der Waals surface area contributed by atoms with E-state index in [0.29, 0.717) is 17.0 Å². The standard InChI is InChI=1S/C28H32N2O4/c1-28(2,3)21-13-9-19(10-14-21)17-24(31)27(20-11-15-23(34-5)16-12-20)30(4)26(33)18-22-7-6-8-25(32)29-22/h6-16,27H,17-18H2,1-5H3,(H,29,32). The van der Waals surface area contributed by atoms with Crippen molar-refractivity contribution in [3.63, 3.8) is 0 Å². The molecule has 6 nitrogen and oxygen atoms in total. The number of hydrogen-bond donors (Lipinski definition) is 1. The summed E-state index contributed by atoms with van der Waals surface area (Å²) in [5, 5.41) is 0. The lowest BCUT2D eigenvalue weighted by molar-refractivity contribution is -0.137. The van der Waals surface area contributed by atoms with Crippen LogP contribution in [0, 0.1) is 0 Å². The van der Waals surface area contributed by atoms with Gasteiger partial charge in [0.1, 0.15) is 11.8 Å². The van der Waals surface area contributed by atoms with Gasteiger partial charge in [-0.15, -0.1) is 0 Å². The number of aromatic amines is 1. The Morgan fingerprint density at radius 3 is 2.15 bits per heavy atom. The number of methoxy groups -OCH3 is 1. The van der Waals surface area contributed by atoms with Crippen molar-refractivity contribution in [2.24, 2.45) is 0 Å². The third kappa shape index (κ3) is 6.22. The van der Waals surface area contributed by atoms with Crippen LogP contribution in [-0.4, -0.2) is 35.7 Å². The van der Waals surface area contributed by atoms with E-state index in [0.717, 1.165) is 5.56 Å². The summed E-state index contributed by atoms with van der Waals surface area (Å²) in [6.07, 6.45) is 0.188. The average molecular weight is 461 g/mol. The first-order valence-corrected chi connectivity index (χ1v) is 11.3. The molecule has 0 spiro atoms. The molecule has 3 rings (SSSR count). The topological polar surface area (TPSA) is 79.5 Å². The van der Waals surface area contributed by atoms with Gasteiger partial charge in [0.05, 0.1) is 13.5 Å². The number of carbonyl (C=O) groups excluding carboxylic acids is 2. The van der Waals surface area contributed by atoms with E-state index in [9.17, 15) is 14.4 Å². The van der Waals surface area contributed by atoms with E-state index in [1.807, 2.05) is 24.3 Å². The minimum Gasteiger partial charge on any atom is -0.497 e. The molecule has 0 aliphatic carbocycles. The Labute approximate surface area is 200 Å². The molecule has 178 valence electrons. The number of carbonyl (C=O) groups is 2. The quantitative estimate of drug-likeness (QED) is 0.545. The third-order valence-electron chi connectivity index (χ3n) is 5.89. The molecule has 6 heteroatoms. The Balaban J connectivity index is 1.87. The number of nitrogens with one attached hydrogen (secondary N) is 1. The number of ether oxygens (including phenoxy) is 1. The number of hydrogen-bond acceptors (Lipinski definition) is 4. The Morgan fingerprint density at radius 2 is 1.59 bits per heavy atom. The normalized spacial score (nSPS) is 12.1. The van der Waals surface area contributed by atoms with Gasteiger partial charge in [0.15, 0.2) is 5.78 Å². The summed E-state index contributed by atoms with van der Waals surface area (Å²) in [4.78, 5) is 42.4. The first-order chi connectivity index (χ1) is 16.1. The SMILES string of the molecule is COc1ccc(C(C(=O)Cc2ccc(C(C)(C)C)cc2)N(C)C(=O)Cc2cccc(=O)[nH]2)cc1. The summed E-state index contributed by atoms with van der Waals surface area (Å²) in [6, 6.07) is 19.1. The van der Waals surface area contributed by atoms with Gasteiger partial charge in [-0.3, -0.25) is 14.4 Å². The molecule has 1 amide bonds. The Bertz CT molecular complexity index is 1190. The first-order valence-electron chi connectivity index (χ1n) is 11.3. The monoisotopic (exact) mass is 460 g/mol. The summed E-state index contributed by atoms with van der Waals surface area (Å²) < 4.78 is 5.24. The lowest BCUT2D eigenvalue weighted by Gasteiger charge is -2.28. The molecule has 34 heavy (non-hydrogen) atoms. The van der Waals surface area contributed by atoms with Gasteiger partial charge >= 0.3 is 0 Å². The predicted molar refractivity (Wildman–Crippen MR) is 133 cm³/mol. The van der Waals surface area contributed by atoms with E-state index >= 15 is 0 Å². The van der Waals surface area contributed by atoms with Gasteiger partial charge in [0.25, 0.3) is 0 Å². The first kappa shape index (κ1) is 25.0. The Hall–Kier alpha value is -3.67. The van der Waals surface area contributed by atoms with E-state index in [4.69, 9.17) is 4.74 Å². The molecular formula is C28H32N2O4. The molecule has 0 saturated carbocycles. The number of aromatic nitrogens is 1. The maximum Gasteiger partial charge on any atom is 0.248 e. The zero-order valence-electron chi connectivity index (χ0n) is 20.4. The van der Waals surface area contributed by atoms with Crippen LogP contribution in [-0.2, 0) is 27.8 Å². The van der Waals surface area contributed by atoms with Crippen molar-refractivity contribution in [2.75, 3.05) is 14.2 Å². The zero-order chi connectivity index (χ0) is 24.9. The van der Waals surface area contributed by atoms with Gasteiger partial charge < -0.3 is 14.6 Å². The summed E-state index contributed by atoms with van der Waals surface area (Å²) >= 11 is 0. The smallest absolute Gasteiger partial charge is 0.248 e. The van der Waals surface area contributed by atoms with Crippen LogP contribution in [0.1, 0.15) is 49.2 Å². The lowest BCUT2D eigenvalue weighted by atomic mass is 9.86. The van der Waals surface area contributed by atoms with Crippen LogP contribution in [0.3, 0.4) is 0 Å². The fraction of sp³-hybridized carbons (Fsp3) is 0.321. The highest BCUT2D eigenvalue weighted by Gasteiger charge is 2.29. The second kappa shape index (κ2) is 10.5. The average Bonchev–Trinajstić information content (AvgIpc) is 2.79. The van der Waals surface area contributed by atoms with Crippen molar-refractivity contribution in [2.45, 2.75) is 45.1 Å². The van der Waals surface area contributed by atoms with Crippen molar-refractivity contribution in [3.8, 4) is 5.75 Å². The highest BCUT2D eigenvalue weighted by molar-refractivity contribution is 5.91. The number of nitrogens with zero attached hydrogens (tertiary/aromatic N) is 1. The van der Waals surface area contributed by atoms with E-state index in [1.165, 1.54) is 16.5 Å². The Morgan fingerprint density at radius 1 is 0.941 bits per heavy atom. The van der Waals surface area contributed by atoms with E-state index in [-0.39, 0.29) is 35.5 Å². The van der Waals surface area contributed by atoms with Crippen LogP contribution < -0.4 is 10.3 Å². The molecule has 3 aromatic rings. The molecule has 1 N–H and O–H groups in total. The molecule has 0 fully saturated rings. The van der Waals surface area contributed by atoms with Gasteiger partial charge in [0, 0.05) is 25.2 Å². The van der Waals surface area contributed by atoms with Crippen LogP contribution >= 0.6 is 0 Å². The molecule has 1 unspecified atom stereocenters. The number of Topliss-reactive ketones (excluding diaryl/α,β-unsaturated/α-hetero) is 1. The fourth-order valence-corrected chi connectivity index (χ4v) is 3.86. The van der Waals surface area contributed by atoms with E-state index < -0.39 is 6.04 Å². The summed E-state index contributed by atoms with van der Waals surface area (Å²) in [7, 11) is 3.20. The van der Waals surface area contributed by atoms with Crippen LogP contribution in [0.15, 0.2) is 71.5 Å². The van der Waals surface area contributed by atoms with Gasteiger partial charge in [-0.1, -0.05) is 63.2 Å². The number of rotatable bonds is 8. The van der Waals surface area contributed by atoms with Crippen LogP contribution in [0.4, 0.5) is 0 Å². The van der Waals surface area contributed by atoms with Gasteiger partial charge in [-0.2, -0.15) is 0 Å². The second-order valence-electron chi connectivity index (χ2n) is 9.49. The molecule has 0 saturated heterocycles. The molecule has 0 aliphatic heterocycles. The van der Waals surface area contributed by atoms with Gasteiger partial charge in [-0.25, -0.2) is 0 Å². The maximum absolute atomic E-state index is 13.5. The second-order valence-corrected chi connectivity index (χ2v) is 9.49. The maximum atomic E-state index is 13.5. The molecular weight excluding hydrogens is 428 g/mol. The number of H-pyrrole nitrogens is 1. The zero-order valence-corrected chi connectivity index (χ0v) is 20.4. The molecule has 0 radical (unpaired) electrons. The van der Waals surface area contributed by atoms with Crippen LogP contribution in [0.25, 0.3) is 0 Å². The molecule has 1 atom stereocenters. The largest absolute Gasteiger partial charge is 0.497 e. The number of likely N-dealkylation sites (N-methyl/N-ethyl adjacent to an activating group) is 1. The minimum atomic E-state index is -0.767. The van der Waals surface area contributed by atoms with Gasteiger partial charge in [-0.05, 0) is 40.3 Å². The van der Waals surface area contributed by atoms with Crippen molar-refractivity contribution in [3.05, 3.63) is 99.5 Å². The summed E-state index contributed by atoms with van der Waals surface area (Å²) in [5.41, 5.74) is 3.05. The molecule has 2 aromatic carbocycles. The van der Waals surface area contributed by atoms with Crippen molar-refractivity contribution >= 4 is 11.7 Å². The van der Waals surface area contributed by atoms with E-state index in [2.05, 4.69) is 25.8 Å². The highest BCUT2D eigenvalue weighted by Crippen LogP contribution is 2.27. The molecule has 0 aliphatic rings. The predicted octanol–water partition coefficient (Wildman–Crippen LogP) is 4.24. The minimum absolute atomic E-state index is 0.00715. The van der Waals surface area contributed by atoms with E-state index in [1.54, 1.807) is 50.6 Å². The highest BCUT2D eigenvalue weighted by atomic mass is 16.5.